The van der Waals surface area contributed by atoms with E-state index < -0.39 is 5.97 Å². The molecule has 230 valence electrons. The average molecular weight is 608 g/mol. The van der Waals surface area contributed by atoms with Crippen molar-refractivity contribution >= 4 is 29.2 Å². The van der Waals surface area contributed by atoms with Gasteiger partial charge >= 0.3 is 11.9 Å². The van der Waals surface area contributed by atoms with Crippen molar-refractivity contribution in [3.8, 4) is 5.75 Å². The number of halogens is 1. The summed E-state index contributed by atoms with van der Waals surface area (Å²) in [7, 11) is 1.80. The molecule has 7 nitrogen and oxygen atoms in total. The quantitative estimate of drug-likeness (QED) is 0.260. The summed E-state index contributed by atoms with van der Waals surface area (Å²) in [5.41, 5.74) is 4.78. The number of carbonyl (C=O) groups is 2. The summed E-state index contributed by atoms with van der Waals surface area (Å²) in [6, 6.07) is 11.5. The fourth-order valence-corrected chi connectivity index (χ4v) is 8.13. The second kappa shape index (κ2) is 12.5. The zero-order valence-corrected chi connectivity index (χ0v) is 25.9. The van der Waals surface area contributed by atoms with Crippen LogP contribution >= 0.6 is 11.6 Å². The van der Waals surface area contributed by atoms with Gasteiger partial charge in [0.15, 0.2) is 0 Å². The van der Waals surface area contributed by atoms with Crippen LogP contribution in [0, 0.1) is 17.8 Å². The number of benzene rings is 2. The molecule has 1 aliphatic heterocycles. The van der Waals surface area contributed by atoms with Gasteiger partial charge in [0, 0.05) is 30.6 Å². The van der Waals surface area contributed by atoms with Crippen LogP contribution in [0.3, 0.4) is 0 Å². The largest absolute Gasteiger partial charge is 0.490 e. The highest BCUT2D eigenvalue weighted by atomic mass is 35.5. The molecule has 0 amide bonds. The van der Waals surface area contributed by atoms with Crippen LogP contribution in [0.15, 0.2) is 48.0 Å². The van der Waals surface area contributed by atoms with Crippen LogP contribution in [-0.2, 0) is 26.1 Å². The number of ether oxygens (including phenoxy) is 3. The molecule has 1 unspecified atom stereocenters. The predicted molar refractivity (Wildman–Crippen MR) is 166 cm³/mol. The normalized spacial score (nSPS) is 27.1. The van der Waals surface area contributed by atoms with Gasteiger partial charge in [0.05, 0.1) is 36.5 Å². The maximum atomic E-state index is 12.3. The Kier molecular flexibility index (Phi) is 8.74. The number of aryl methyl sites for hydroxylation is 1. The second-order valence-corrected chi connectivity index (χ2v) is 13.2. The first-order chi connectivity index (χ1) is 20.8. The molecule has 8 heteroatoms. The highest BCUT2D eigenvalue weighted by molar-refractivity contribution is 6.30. The summed E-state index contributed by atoms with van der Waals surface area (Å²) in [5, 5.41) is 10.6. The molecule has 0 saturated heterocycles. The van der Waals surface area contributed by atoms with Gasteiger partial charge in [0.2, 0.25) is 0 Å². The van der Waals surface area contributed by atoms with Crippen LogP contribution < -0.4 is 9.64 Å². The number of aromatic carboxylic acids is 1. The molecule has 1 spiro atoms. The van der Waals surface area contributed by atoms with Gasteiger partial charge in [-0.2, -0.15) is 0 Å². The maximum absolute atomic E-state index is 12.3. The second-order valence-electron chi connectivity index (χ2n) is 12.8. The lowest BCUT2D eigenvalue weighted by Crippen LogP contribution is -2.50. The van der Waals surface area contributed by atoms with Crippen molar-refractivity contribution in [3.63, 3.8) is 0 Å². The van der Waals surface area contributed by atoms with Crippen LogP contribution in [0.4, 0.5) is 5.69 Å². The molecule has 2 aromatic rings. The molecule has 5 atom stereocenters. The Morgan fingerprint density at radius 1 is 1.16 bits per heavy atom. The summed E-state index contributed by atoms with van der Waals surface area (Å²) in [4.78, 5) is 26.7. The van der Waals surface area contributed by atoms with Crippen molar-refractivity contribution in [1.29, 1.82) is 0 Å². The van der Waals surface area contributed by atoms with E-state index in [0.717, 1.165) is 74.5 Å². The number of methoxy groups -OCH3 is 1. The number of allylic oxidation sites excluding steroid dienone is 1. The number of carboxylic acid groups (broad SMARTS) is 1. The fraction of sp³-hybridized carbons (Fsp3) is 0.543. The molecule has 6 rings (SSSR count). The lowest BCUT2D eigenvalue weighted by atomic mass is 9.66. The van der Waals surface area contributed by atoms with E-state index in [0.29, 0.717) is 31.5 Å². The molecule has 1 fully saturated rings. The van der Waals surface area contributed by atoms with Crippen molar-refractivity contribution in [2.75, 3.05) is 38.3 Å². The van der Waals surface area contributed by atoms with Crippen LogP contribution in [0.25, 0.3) is 0 Å². The summed E-state index contributed by atoms with van der Waals surface area (Å²) in [6.07, 6.45) is 9.80. The van der Waals surface area contributed by atoms with E-state index in [9.17, 15) is 14.7 Å². The Balaban J connectivity index is 1.28. The van der Waals surface area contributed by atoms with Gasteiger partial charge in [-0.15, -0.1) is 0 Å². The number of hydrogen-bond donors (Lipinski definition) is 1. The molecule has 2 aromatic carbocycles. The highest BCUT2D eigenvalue weighted by Gasteiger charge is 2.45. The van der Waals surface area contributed by atoms with Gasteiger partial charge < -0.3 is 24.2 Å². The number of nitrogens with zero attached hydrogens (tertiary/aromatic N) is 1. The van der Waals surface area contributed by atoms with Crippen LogP contribution in [-0.4, -0.2) is 56.6 Å². The van der Waals surface area contributed by atoms with Crippen molar-refractivity contribution in [2.45, 2.75) is 69.8 Å². The molecular formula is C35H42ClNO6. The fourth-order valence-electron chi connectivity index (χ4n) is 7.94. The van der Waals surface area contributed by atoms with E-state index >= 15 is 0 Å². The Morgan fingerprint density at radius 3 is 2.72 bits per heavy atom. The van der Waals surface area contributed by atoms with Gasteiger partial charge in [0.1, 0.15) is 5.75 Å². The van der Waals surface area contributed by atoms with E-state index in [2.05, 4.69) is 23.1 Å². The Hall–Kier alpha value is -3.03. The molecule has 0 bridgehead atoms. The van der Waals surface area contributed by atoms with E-state index in [4.69, 9.17) is 25.8 Å². The van der Waals surface area contributed by atoms with E-state index in [1.807, 2.05) is 19.1 Å². The van der Waals surface area contributed by atoms with Crippen molar-refractivity contribution in [1.82, 2.24) is 0 Å². The molecule has 3 aliphatic carbocycles. The first-order valence-electron chi connectivity index (χ1n) is 15.7. The van der Waals surface area contributed by atoms with E-state index in [1.165, 1.54) is 16.7 Å². The number of rotatable bonds is 8. The van der Waals surface area contributed by atoms with Gasteiger partial charge in [-0.1, -0.05) is 23.7 Å². The number of anilines is 1. The Labute approximate surface area is 259 Å². The third-order valence-electron chi connectivity index (χ3n) is 10.3. The van der Waals surface area contributed by atoms with Crippen molar-refractivity contribution < 1.29 is 28.9 Å². The van der Waals surface area contributed by atoms with Gasteiger partial charge in [0.25, 0.3) is 0 Å². The number of hydrogen-bond acceptors (Lipinski definition) is 6. The molecule has 0 aromatic heterocycles. The van der Waals surface area contributed by atoms with E-state index in [1.54, 1.807) is 19.2 Å². The number of carbonyl (C=O) groups excluding carboxylic acids is 1. The number of carboxylic acids is 1. The lowest BCUT2D eigenvalue weighted by molar-refractivity contribution is -0.148. The molecule has 4 aliphatic rings. The van der Waals surface area contributed by atoms with Crippen molar-refractivity contribution in [2.24, 2.45) is 17.8 Å². The molecule has 0 radical (unpaired) electrons. The van der Waals surface area contributed by atoms with Crippen LogP contribution in [0.2, 0.25) is 5.02 Å². The first kappa shape index (κ1) is 30.0. The van der Waals surface area contributed by atoms with Crippen LogP contribution in [0.1, 0.15) is 73.4 Å². The standard InChI is InChI=1S/C35H42ClNO6/c1-3-42-34(40)23-8-6-22(7-9-23)32(41-2)28-13-10-26(28)19-37-20-35(16-4-5-24-17-27(36)12-14-29(24)35)21-43-31-15-11-25(33(38)39)18-30(31)37/h6,11-12,14-15,17-18,23,26,28,32H,3-5,7-10,13,16,19-21H2,1-2H3,(H,38,39)/t23-,26-,28+,32-,35?/m0/s1. The molecular weight excluding hydrogens is 566 g/mol. The minimum Gasteiger partial charge on any atom is -0.490 e. The molecule has 1 N–H and O–H groups in total. The van der Waals surface area contributed by atoms with Crippen molar-refractivity contribution in [3.05, 3.63) is 69.8 Å². The smallest absolute Gasteiger partial charge is 0.335 e. The van der Waals surface area contributed by atoms with Gasteiger partial charge in [-0.05, 0) is 117 Å². The third-order valence-corrected chi connectivity index (χ3v) is 10.5. The summed E-state index contributed by atoms with van der Waals surface area (Å²) >= 11 is 6.40. The number of fused-ring (bicyclic) bond motifs is 3. The van der Waals surface area contributed by atoms with Gasteiger partial charge in [-0.25, -0.2) is 4.79 Å². The van der Waals surface area contributed by atoms with Gasteiger partial charge in [-0.3, -0.25) is 4.79 Å². The van der Waals surface area contributed by atoms with E-state index in [-0.39, 0.29) is 29.0 Å². The third kappa shape index (κ3) is 5.91. The molecule has 43 heavy (non-hydrogen) atoms. The summed E-state index contributed by atoms with van der Waals surface area (Å²) in [5.74, 6) is 0.377. The zero-order valence-electron chi connectivity index (χ0n) is 25.1. The topological polar surface area (TPSA) is 85.3 Å². The lowest BCUT2D eigenvalue weighted by Gasteiger charge is -2.47. The molecule has 1 saturated carbocycles. The SMILES string of the molecule is CCOC(=O)[C@H]1CC=C([C@H](OC)[C@@H]2CC[C@H]2CN2CC3(CCCc4cc(Cl)ccc43)COc3ccc(C(=O)O)cc32)CC1. The Morgan fingerprint density at radius 2 is 2.02 bits per heavy atom. The Bertz CT molecular complexity index is 1410. The first-order valence-corrected chi connectivity index (χ1v) is 16.1. The monoisotopic (exact) mass is 607 g/mol. The predicted octanol–water partition coefficient (Wildman–Crippen LogP) is 6.84. The maximum Gasteiger partial charge on any atom is 0.335 e. The summed E-state index contributed by atoms with van der Waals surface area (Å²) in [6.45, 7) is 4.35. The average Bonchev–Trinajstić information content (AvgIpc) is 3.15. The van der Waals surface area contributed by atoms with Crippen LogP contribution in [0.5, 0.6) is 5.75 Å². The summed E-state index contributed by atoms with van der Waals surface area (Å²) < 4.78 is 17.9. The highest BCUT2D eigenvalue weighted by Crippen LogP contribution is 2.48. The number of esters is 1. The minimum absolute atomic E-state index is 0.0152. The minimum atomic E-state index is -0.939. The zero-order chi connectivity index (χ0) is 30.1. The molecule has 1 heterocycles.